The van der Waals surface area contributed by atoms with Gasteiger partial charge in [0.25, 0.3) is 6.29 Å². The number of hydrogen-bond donors (Lipinski definition) is 1. The summed E-state index contributed by atoms with van der Waals surface area (Å²) in [7, 11) is 5.97. The highest BCUT2D eigenvalue weighted by Crippen LogP contribution is 2.19. The Labute approximate surface area is 575 Å². The third-order valence-electron chi connectivity index (χ3n) is 17.4. The molecule has 0 heterocycles. The predicted octanol–water partition coefficient (Wildman–Crippen LogP) is 25.1. The quantitative estimate of drug-likeness (QED) is 0.0211. The van der Waals surface area contributed by atoms with Gasteiger partial charge >= 0.3 is 17.9 Å². The van der Waals surface area contributed by atoms with Crippen LogP contribution in [0, 0.1) is 0 Å². The standard InChI is InChI=1S/C84H149NO8/c1-6-8-10-12-14-16-18-20-22-24-26-28-30-32-34-36-37-38-39-40-41-42-43-44-45-47-48-50-52-54-56-58-60-62-64-66-68-70-72-74-81(86)91-78-80(79-92-84(83(88)89)90-77-76-85(3,4)5)93-82(87)75-73-71-69-67-65-63-61-59-57-55-53-51-49-46-35-33-31-29-27-25-23-21-19-17-15-13-11-9-7-2/h9,11,15,17,21,23,27,29,33,35,49,51,55,57,61,63,80,84H,6-8,10,12-14,16,18-20,22,24-26,28,30-32,34,36-48,50,52-54,56,58-60,62,64-79H2,1-5H3/p+1/b11-9-,17-15-,23-21-,29-27-,35-33-,51-49-,57-55-,63-61-. The molecule has 0 aliphatic rings. The third kappa shape index (κ3) is 75.5. The van der Waals surface area contributed by atoms with Gasteiger partial charge in [-0.15, -0.1) is 0 Å². The van der Waals surface area contributed by atoms with Gasteiger partial charge in [0.15, 0.2) is 6.10 Å². The third-order valence-corrected chi connectivity index (χ3v) is 17.4. The minimum absolute atomic E-state index is 0.179. The number of quaternary nitrogens is 1. The summed E-state index contributed by atoms with van der Waals surface area (Å²) in [5, 5.41) is 9.76. The molecule has 93 heavy (non-hydrogen) atoms. The van der Waals surface area contributed by atoms with Crippen molar-refractivity contribution >= 4 is 17.9 Å². The molecule has 0 aromatic carbocycles. The van der Waals surface area contributed by atoms with Crippen LogP contribution in [0.2, 0.25) is 0 Å². The smallest absolute Gasteiger partial charge is 0.361 e. The molecule has 9 nitrogen and oxygen atoms in total. The van der Waals surface area contributed by atoms with Crippen LogP contribution < -0.4 is 0 Å². The number of allylic oxidation sites excluding steroid dienone is 16. The number of unbranched alkanes of at least 4 members (excludes halogenated alkanes) is 42. The molecule has 9 heteroatoms. The molecule has 0 aliphatic carbocycles. The number of carbonyl (C=O) groups excluding carboxylic acids is 2. The largest absolute Gasteiger partial charge is 0.477 e. The van der Waals surface area contributed by atoms with E-state index in [4.69, 9.17) is 18.9 Å². The SMILES string of the molecule is CC/C=C\C/C=C\C/C=C\C/C=C\C/C=C\C/C=C\C/C=C\C/C=C\CCCCCCC(=O)OC(COC(=O)CCCCCCCCCCCCCCCCCCCCCCCCCCCCCCCCCCCCCCCCC)COC(OCC[N+](C)(C)C)C(=O)O. The lowest BCUT2D eigenvalue weighted by molar-refractivity contribution is -0.870. The van der Waals surface area contributed by atoms with Crippen molar-refractivity contribution in [2.45, 2.75) is 373 Å². The number of ether oxygens (including phenoxy) is 4. The van der Waals surface area contributed by atoms with E-state index in [1.807, 2.05) is 21.1 Å². The van der Waals surface area contributed by atoms with Crippen LogP contribution in [0.15, 0.2) is 97.2 Å². The molecule has 538 valence electrons. The summed E-state index contributed by atoms with van der Waals surface area (Å²) in [6, 6.07) is 0. The van der Waals surface area contributed by atoms with Gasteiger partial charge in [-0.3, -0.25) is 9.59 Å². The Bertz CT molecular complexity index is 1850. The number of carbonyl (C=O) groups is 3. The van der Waals surface area contributed by atoms with Crippen LogP contribution in [-0.4, -0.2) is 87.4 Å². The normalized spacial score (nSPS) is 13.2. The van der Waals surface area contributed by atoms with E-state index in [0.29, 0.717) is 23.9 Å². The molecular formula is C84H150NO8+. The monoisotopic (exact) mass is 1300 g/mol. The Balaban J connectivity index is 4.04. The average Bonchev–Trinajstić information content (AvgIpc) is 3.74. The van der Waals surface area contributed by atoms with Crippen molar-refractivity contribution in [1.82, 2.24) is 0 Å². The van der Waals surface area contributed by atoms with Crippen molar-refractivity contribution in [3.8, 4) is 0 Å². The maximum atomic E-state index is 13.0. The molecule has 0 spiro atoms. The van der Waals surface area contributed by atoms with Gasteiger partial charge in [0, 0.05) is 12.8 Å². The van der Waals surface area contributed by atoms with Crippen molar-refractivity contribution in [3.63, 3.8) is 0 Å². The van der Waals surface area contributed by atoms with Crippen LogP contribution in [0.5, 0.6) is 0 Å². The minimum atomic E-state index is -1.52. The van der Waals surface area contributed by atoms with E-state index in [1.54, 1.807) is 0 Å². The Kier molecular flexibility index (Phi) is 71.0. The summed E-state index contributed by atoms with van der Waals surface area (Å²) in [4.78, 5) is 37.7. The number of esters is 2. The molecule has 0 fully saturated rings. The number of likely N-dealkylation sites (N-methyl/N-ethyl adjacent to an activating group) is 1. The molecule has 0 amide bonds. The molecule has 2 unspecified atom stereocenters. The predicted molar refractivity (Wildman–Crippen MR) is 401 cm³/mol. The number of carboxylic acid groups (broad SMARTS) is 1. The fraction of sp³-hybridized carbons (Fsp3) is 0.774. The molecule has 0 aromatic rings. The second-order valence-corrected chi connectivity index (χ2v) is 27.7. The fourth-order valence-corrected chi connectivity index (χ4v) is 11.4. The van der Waals surface area contributed by atoms with Crippen molar-refractivity contribution in [2.24, 2.45) is 0 Å². The number of aliphatic carboxylic acids is 1. The van der Waals surface area contributed by atoms with Gasteiger partial charge in [0.1, 0.15) is 13.2 Å². The number of rotatable bonds is 73. The number of carboxylic acids is 1. The zero-order chi connectivity index (χ0) is 67.5. The minimum Gasteiger partial charge on any atom is -0.477 e. The van der Waals surface area contributed by atoms with E-state index in [1.165, 1.54) is 231 Å². The average molecular weight is 1300 g/mol. The van der Waals surface area contributed by atoms with E-state index in [-0.39, 0.29) is 32.2 Å². The fourth-order valence-electron chi connectivity index (χ4n) is 11.4. The van der Waals surface area contributed by atoms with Crippen molar-refractivity contribution < 1.29 is 42.9 Å². The lowest BCUT2D eigenvalue weighted by atomic mass is 10.0. The van der Waals surface area contributed by atoms with Crippen LogP contribution >= 0.6 is 0 Å². The summed E-state index contributed by atoms with van der Waals surface area (Å²) in [6.45, 7) is 4.77. The lowest BCUT2D eigenvalue weighted by Gasteiger charge is -2.25. The maximum Gasteiger partial charge on any atom is 0.361 e. The van der Waals surface area contributed by atoms with Crippen molar-refractivity contribution in [2.75, 3.05) is 47.5 Å². The topological polar surface area (TPSA) is 108 Å². The van der Waals surface area contributed by atoms with Crippen molar-refractivity contribution in [1.29, 1.82) is 0 Å². The molecule has 1 N–H and O–H groups in total. The second kappa shape index (κ2) is 74.0. The molecule has 2 atom stereocenters. The van der Waals surface area contributed by atoms with Crippen LogP contribution in [-0.2, 0) is 33.3 Å². The zero-order valence-corrected chi connectivity index (χ0v) is 61.7. The molecule has 0 saturated heterocycles. The van der Waals surface area contributed by atoms with E-state index >= 15 is 0 Å². The van der Waals surface area contributed by atoms with E-state index in [9.17, 15) is 19.5 Å². The highest BCUT2D eigenvalue weighted by atomic mass is 16.7. The summed E-state index contributed by atoms with van der Waals surface area (Å²) in [5.74, 6) is -2.03. The summed E-state index contributed by atoms with van der Waals surface area (Å²) >= 11 is 0. The van der Waals surface area contributed by atoms with E-state index in [0.717, 1.165) is 96.3 Å². The van der Waals surface area contributed by atoms with Crippen molar-refractivity contribution in [3.05, 3.63) is 97.2 Å². The first kappa shape index (κ1) is 89.2. The summed E-state index contributed by atoms with van der Waals surface area (Å²) in [5.41, 5.74) is 0. The Morgan fingerprint density at radius 3 is 0.914 bits per heavy atom. The lowest BCUT2D eigenvalue weighted by Crippen LogP contribution is -2.40. The van der Waals surface area contributed by atoms with Gasteiger partial charge in [-0.25, -0.2) is 4.79 Å². The number of hydrogen-bond acceptors (Lipinski definition) is 7. The molecule has 0 aromatic heterocycles. The van der Waals surface area contributed by atoms with E-state index in [2.05, 4.69) is 111 Å². The van der Waals surface area contributed by atoms with Gasteiger partial charge in [0.05, 0.1) is 34.4 Å². The van der Waals surface area contributed by atoms with Crippen LogP contribution in [0.3, 0.4) is 0 Å². The molecule has 0 aliphatic heterocycles. The highest BCUT2D eigenvalue weighted by molar-refractivity contribution is 5.71. The molecular weight excluding hydrogens is 1150 g/mol. The van der Waals surface area contributed by atoms with Crippen LogP contribution in [0.25, 0.3) is 0 Å². The van der Waals surface area contributed by atoms with Crippen LogP contribution in [0.1, 0.15) is 361 Å². The van der Waals surface area contributed by atoms with Gasteiger partial charge in [-0.1, -0.05) is 368 Å². The zero-order valence-electron chi connectivity index (χ0n) is 61.7. The Morgan fingerprint density at radius 1 is 0.333 bits per heavy atom. The summed E-state index contributed by atoms with van der Waals surface area (Å²) in [6.07, 6.45) is 100. The first-order chi connectivity index (χ1) is 45.6. The van der Waals surface area contributed by atoms with Crippen LogP contribution in [0.4, 0.5) is 0 Å². The number of nitrogens with zero attached hydrogens (tertiary/aromatic N) is 1. The van der Waals surface area contributed by atoms with Gasteiger partial charge in [-0.2, -0.15) is 0 Å². The second-order valence-electron chi connectivity index (χ2n) is 27.7. The Morgan fingerprint density at radius 2 is 0.613 bits per heavy atom. The molecule has 0 radical (unpaired) electrons. The van der Waals surface area contributed by atoms with E-state index < -0.39 is 24.3 Å². The molecule has 0 saturated carbocycles. The summed E-state index contributed by atoms with van der Waals surface area (Å²) < 4.78 is 23.0. The van der Waals surface area contributed by atoms with Gasteiger partial charge < -0.3 is 28.5 Å². The Hall–Kier alpha value is -3.79. The first-order valence-electron chi connectivity index (χ1n) is 39.4. The highest BCUT2D eigenvalue weighted by Gasteiger charge is 2.25. The van der Waals surface area contributed by atoms with Gasteiger partial charge in [0.2, 0.25) is 0 Å². The van der Waals surface area contributed by atoms with Gasteiger partial charge in [-0.05, 0) is 77.0 Å². The molecule has 0 rings (SSSR count). The first-order valence-corrected chi connectivity index (χ1v) is 39.4. The molecule has 0 bridgehead atoms. The maximum absolute atomic E-state index is 13.0.